The van der Waals surface area contributed by atoms with Gasteiger partial charge in [-0.25, -0.2) is 0 Å². The van der Waals surface area contributed by atoms with Crippen LogP contribution in [0.25, 0.3) is 27.9 Å². The molecule has 0 radical (unpaired) electrons. The van der Waals surface area contributed by atoms with Gasteiger partial charge in [-0.15, -0.1) is 0 Å². The average molecular weight is 323 g/mol. The number of hydrogen-bond donors (Lipinski definition) is 1. The van der Waals surface area contributed by atoms with E-state index in [0.717, 1.165) is 50.2 Å². The molecule has 0 aliphatic carbocycles. The molecule has 24 heavy (non-hydrogen) atoms. The summed E-state index contributed by atoms with van der Waals surface area (Å²) < 4.78 is 17.1. The van der Waals surface area contributed by atoms with E-state index in [2.05, 4.69) is 44.0 Å². The predicted octanol–water partition coefficient (Wildman–Crippen LogP) is 4.83. The Hall–Kier alpha value is -2.62. The highest BCUT2D eigenvalue weighted by Crippen LogP contribution is 2.42. The molecule has 124 valence electrons. The van der Waals surface area contributed by atoms with Crippen LogP contribution in [-0.4, -0.2) is 24.8 Å². The van der Waals surface area contributed by atoms with Crippen LogP contribution in [0, 0.1) is 6.92 Å². The van der Waals surface area contributed by atoms with Gasteiger partial charge in [-0.3, -0.25) is 0 Å². The van der Waals surface area contributed by atoms with Gasteiger partial charge in [0.1, 0.15) is 11.4 Å². The molecule has 4 rings (SSSR count). The molecular weight excluding hydrogens is 302 g/mol. The van der Waals surface area contributed by atoms with E-state index in [0.29, 0.717) is 0 Å². The lowest BCUT2D eigenvalue weighted by atomic mass is 9.97. The molecule has 0 saturated carbocycles. The third kappa shape index (κ3) is 2.06. The first-order valence-electron chi connectivity index (χ1n) is 8.03. The summed E-state index contributed by atoms with van der Waals surface area (Å²) in [5.74, 6) is 2.39. The highest BCUT2D eigenvalue weighted by Gasteiger charge is 2.25. The lowest BCUT2D eigenvalue weighted by molar-refractivity contribution is 0.158. The number of hydrogen-bond acceptors (Lipinski definition) is 3. The van der Waals surface area contributed by atoms with Gasteiger partial charge in [-0.1, -0.05) is 0 Å². The summed E-state index contributed by atoms with van der Waals surface area (Å²) >= 11 is 0. The molecule has 0 unspecified atom stereocenters. The van der Waals surface area contributed by atoms with Gasteiger partial charge >= 0.3 is 0 Å². The van der Waals surface area contributed by atoms with Gasteiger partial charge in [-0.05, 0) is 50.6 Å². The zero-order chi connectivity index (χ0) is 17.1. The molecule has 0 bridgehead atoms. The van der Waals surface area contributed by atoms with Crippen LogP contribution in [0.4, 0.5) is 0 Å². The summed E-state index contributed by atoms with van der Waals surface area (Å²) in [6.45, 7) is 6.22. The molecule has 0 fully saturated rings. The fraction of sp³-hybridized carbons (Fsp3) is 0.300. The van der Waals surface area contributed by atoms with E-state index in [4.69, 9.17) is 14.2 Å². The minimum Gasteiger partial charge on any atom is -0.493 e. The summed E-state index contributed by atoms with van der Waals surface area (Å²) in [6.07, 6.45) is 4.25. The highest BCUT2D eigenvalue weighted by atomic mass is 16.5. The molecule has 1 aliphatic rings. The molecule has 0 amide bonds. The van der Waals surface area contributed by atoms with Gasteiger partial charge in [0.25, 0.3) is 0 Å². The molecule has 3 aromatic rings. The topological polar surface area (TPSA) is 43.5 Å². The monoisotopic (exact) mass is 323 g/mol. The SMILES string of the molecule is COc1cc2[nH]c3c4c(c(C)cc3c2cc1OC)OC(C)(C)C=C4. The van der Waals surface area contributed by atoms with Crippen molar-refractivity contribution in [2.75, 3.05) is 14.2 Å². The van der Waals surface area contributed by atoms with Crippen LogP contribution < -0.4 is 14.2 Å². The number of aryl methyl sites for hydroxylation is 1. The van der Waals surface area contributed by atoms with Crippen molar-refractivity contribution in [3.63, 3.8) is 0 Å². The first-order valence-corrected chi connectivity index (χ1v) is 8.03. The fourth-order valence-corrected chi connectivity index (χ4v) is 3.39. The van der Waals surface area contributed by atoms with Gasteiger partial charge in [0.15, 0.2) is 11.5 Å². The maximum atomic E-state index is 6.19. The van der Waals surface area contributed by atoms with Crippen molar-refractivity contribution in [3.05, 3.63) is 35.4 Å². The van der Waals surface area contributed by atoms with Crippen molar-refractivity contribution in [1.29, 1.82) is 0 Å². The van der Waals surface area contributed by atoms with Crippen LogP contribution in [0.15, 0.2) is 24.3 Å². The number of fused-ring (bicyclic) bond motifs is 5. The number of benzene rings is 2. The van der Waals surface area contributed by atoms with E-state index in [-0.39, 0.29) is 5.60 Å². The molecule has 1 N–H and O–H groups in total. The predicted molar refractivity (Wildman–Crippen MR) is 97.4 cm³/mol. The summed E-state index contributed by atoms with van der Waals surface area (Å²) in [5, 5.41) is 2.28. The molecule has 4 heteroatoms. The zero-order valence-electron chi connectivity index (χ0n) is 14.6. The second-order valence-corrected chi connectivity index (χ2v) is 6.78. The Morgan fingerprint density at radius 1 is 1.00 bits per heavy atom. The second kappa shape index (κ2) is 4.94. The number of H-pyrrole nitrogens is 1. The maximum Gasteiger partial charge on any atom is 0.162 e. The van der Waals surface area contributed by atoms with Gasteiger partial charge in [-0.2, -0.15) is 0 Å². The molecule has 2 aromatic carbocycles. The first kappa shape index (κ1) is 14.9. The van der Waals surface area contributed by atoms with E-state index in [9.17, 15) is 0 Å². The Morgan fingerprint density at radius 3 is 2.42 bits per heavy atom. The van der Waals surface area contributed by atoms with E-state index in [1.807, 2.05) is 12.1 Å². The van der Waals surface area contributed by atoms with E-state index in [1.54, 1.807) is 14.2 Å². The van der Waals surface area contributed by atoms with Crippen LogP contribution in [0.3, 0.4) is 0 Å². The average Bonchev–Trinajstić information content (AvgIpc) is 2.90. The quantitative estimate of drug-likeness (QED) is 0.734. The van der Waals surface area contributed by atoms with Crippen molar-refractivity contribution in [1.82, 2.24) is 4.98 Å². The van der Waals surface area contributed by atoms with Crippen molar-refractivity contribution < 1.29 is 14.2 Å². The van der Waals surface area contributed by atoms with Crippen LogP contribution in [0.5, 0.6) is 17.2 Å². The first-order chi connectivity index (χ1) is 11.4. The summed E-state index contributed by atoms with van der Waals surface area (Å²) in [6, 6.07) is 6.18. The molecule has 4 nitrogen and oxygen atoms in total. The number of ether oxygens (including phenoxy) is 3. The highest BCUT2D eigenvalue weighted by molar-refractivity contribution is 6.11. The molecule has 1 aromatic heterocycles. The summed E-state index contributed by atoms with van der Waals surface area (Å²) in [5.41, 5.74) is 4.04. The molecule has 0 spiro atoms. The third-order valence-corrected chi connectivity index (χ3v) is 4.59. The molecule has 0 atom stereocenters. The summed E-state index contributed by atoms with van der Waals surface area (Å²) in [7, 11) is 3.31. The lowest BCUT2D eigenvalue weighted by Crippen LogP contribution is -2.28. The van der Waals surface area contributed by atoms with E-state index >= 15 is 0 Å². The van der Waals surface area contributed by atoms with Gasteiger partial charge in [0.05, 0.1) is 25.3 Å². The smallest absolute Gasteiger partial charge is 0.162 e. The molecule has 2 heterocycles. The van der Waals surface area contributed by atoms with Crippen LogP contribution in [0.1, 0.15) is 25.0 Å². The number of rotatable bonds is 2. The number of nitrogens with one attached hydrogen (secondary N) is 1. The minimum absolute atomic E-state index is 0.288. The largest absolute Gasteiger partial charge is 0.493 e. The Labute approximate surface area is 141 Å². The third-order valence-electron chi connectivity index (χ3n) is 4.59. The van der Waals surface area contributed by atoms with Crippen molar-refractivity contribution in [3.8, 4) is 17.2 Å². The van der Waals surface area contributed by atoms with Gasteiger partial charge in [0.2, 0.25) is 0 Å². The van der Waals surface area contributed by atoms with Crippen LogP contribution in [-0.2, 0) is 0 Å². The van der Waals surface area contributed by atoms with Crippen molar-refractivity contribution >= 4 is 27.9 Å². The molecule has 0 saturated heterocycles. The molecular formula is C20H21NO3. The fourth-order valence-electron chi connectivity index (χ4n) is 3.39. The Balaban J connectivity index is 2.07. The Bertz CT molecular complexity index is 995. The maximum absolute atomic E-state index is 6.19. The van der Waals surface area contributed by atoms with E-state index < -0.39 is 0 Å². The van der Waals surface area contributed by atoms with Gasteiger partial charge in [0, 0.05) is 22.4 Å². The van der Waals surface area contributed by atoms with Crippen LogP contribution in [0.2, 0.25) is 0 Å². The van der Waals surface area contributed by atoms with Crippen LogP contribution >= 0.6 is 0 Å². The lowest BCUT2D eigenvalue weighted by Gasteiger charge is -2.29. The molecule has 1 aliphatic heterocycles. The summed E-state index contributed by atoms with van der Waals surface area (Å²) in [4.78, 5) is 3.52. The standard InChI is InChI=1S/C20H21NO3/c1-11-8-14-13-9-16(22-4)17(23-5)10-15(13)21-18(14)12-6-7-20(2,3)24-19(11)12/h6-10,21H,1-5H3. The Morgan fingerprint density at radius 2 is 1.71 bits per heavy atom. The van der Waals surface area contributed by atoms with Crippen molar-refractivity contribution in [2.24, 2.45) is 0 Å². The second-order valence-electron chi connectivity index (χ2n) is 6.78. The zero-order valence-corrected chi connectivity index (χ0v) is 14.6. The number of aromatic nitrogens is 1. The minimum atomic E-state index is -0.288. The number of methoxy groups -OCH3 is 2. The van der Waals surface area contributed by atoms with E-state index in [1.165, 1.54) is 0 Å². The van der Waals surface area contributed by atoms with Crippen molar-refractivity contribution in [2.45, 2.75) is 26.4 Å². The number of aromatic amines is 1. The normalized spacial score (nSPS) is 15.4. The Kier molecular flexibility index (Phi) is 3.07. The van der Waals surface area contributed by atoms with Gasteiger partial charge < -0.3 is 19.2 Å².